The van der Waals surface area contributed by atoms with Gasteiger partial charge in [0, 0.05) is 12.8 Å². The fourth-order valence-corrected chi connectivity index (χ4v) is 6.30. The number of carboxylic acid groups (broad SMARTS) is 1. The molecule has 9 heteroatoms. The van der Waals surface area contributed by atoms with Gasteiger partial charge in [0.1, 0.15) is 13.2 Å². The van der Waals surface area contributed by atoms with Gasteiger partial charge in [-0.25, -0.2) is 0 Å². The molecular weight excluding hydrogens is 743 g/mol. The van der Waals surface area contributed by atoms with Crippen LogP contribution in [0.1, 0.15) is 194 Å². The maximum Gasteiger partial charge on any atom is 0.306 e. The van der Waals surface area contributed by atoms with Crippen molar-refractivity contribution in [2.45, 2.75) is 206 Å². The lowest BCUT2D eigenvalue weighted by atomic mass is 10.1. The third kappa shape index (κ3) is 43.2. The van der Waals surface area contributed by atoms with Crippen molar-refractivity contribution in [3.63, 3.8) is 0 Å². The highest BCUT2D eigenvalue weighted by atomic mass is 16.7. The van der Waals surface area contributed by atoms with E-state index in [1.54, 1.807) is 0 Å². The van der Waals surface area contributed by atoms with Crippen LogP contribution in [0.5, 0.6) is 0 Å². The second-order valence-corrected chi connectivity index (χ2v) is 17.0. The predicted molar refractivity (Wildman–Crippen MR) is 242 cm³/mol. The zero-order valence-corrected chi connectivity index (χ0v) is 38.6. The summed E-state index contributed by atoms with van der Waals surface area (Å²) in [7, 11) is 5.90. The Balaban J connectivity index is 4.45. The Morgan fingerprint density at radius 3 is 1.34 bits per heavy atom. The van der Waals surface area contributed by atoms with Crippen molar-refractivity contribution in [1.29, 1.82) is 0 Å². The highest BCUT2D eigenvalue weighted by molar-refractivity contribution is 5.70. The molecule has 0 aliphatic heterocycles. The van der Waals surface area contributed by atoms with Gasteiger partial charge in [-0.15, -0.1) is 0 Å². The van der Waals surface area contributed by atoms with Gasteiger partial charge in [0.05, 0.1) is 40.3 Å². The molecule has 0 rings (SSSR count). The Morgan fingerprint density at radius 1 is 0.508 bits per heavy atom. The van der Waals surface area contributed by atoms with Gasteiger partial charge in [0.25, 0.3) is 0 Å². The molecule has 342 valence electrons. The Bertz CT molecular complexity index is 1110. The first-order valence-electron chi connectivity index (χ1n) is 23.8. The van der Waals surface area contributed by atoms with Crippen molar-refractivity contribution in [2.24, 2.45) is 0 Å². The smallest absolute Gasteiger partial charge is 0.306 e. The van der Waals surface area contributed by atoms with Crippen LogP contribution in [0.4, 0.5) is 0 Å². The first kappa shape index (κ1) is 56.2. The second kappa shape index (κ2) is 42.0. The minimum Gasteiger partial charge on any atom is -0.545 e. The van der Waals surface area contributed by atoms with E-state index < -0.39 is 24.3 Å². The SMILES string of the molecule is CCCCCC/C=C\C/C=C\CCCCCCCCCC(=O)OC(COC(=O)CCCCCCC/C=C\C/C=C\CCCCCC)COC(OCC[N+](C)(C)C)C(=O)[O-]. The Labute approximate surface area is 362 Å². The summed E-state index contributed by atoms with van der Waals surface area (Å²) in [6.07, 6.45) is 45.6. The quantitative estimate of drug-likeness (QED) is 0.0196. The summed E-state index contributed by atoms with van der Waals surface area (Å²) >= 11 is 0. The number of ether oxygens (including phenoxy) is 4. The number of quaternary nitrogens is 1. The van der Waals surface area contributed by atoms with Crippen LogP contribution in [0.15, 0.2) is 48.6 Å². The summed E-state index contributed by atoms with van der Waals surface area (Å²) in [6.45, 7) is 4.68. The van der Waals surface area contributed by atoms with E-state index in [0.29, 0.717) is 17.4 Å². The highest BCUT2D eigenvalue weighted by Crippen LogP contribution is 2.13. The van der Waals surface area contributed by atoms with E-state index in [1.165, 1.54) is 83.5 Å². The molecule has 0 aromatic carbocycles. The Morgan fingerprint density at radius 2 is 0.915 bits per heavy atom. The van der Waals surface area contributed by atoms with Gasteiger partial charge in [0.2, 0.25) is 0 Å². The van der Waals surface area contributed by atoms with Crippen molar-refractivity contribution < 1.29 is 42.9 Å². The molecular formula is C50H89NO8. The molecule has 0 aromatic heterocycles. The van der Waals surface area contributed by atoms with Gasteiger partial charge < -0.3 is 33.3 Å². The molecule has 0 spiro atoms. The predicted octanol–water partition coefficient (Wildman–Crippen LogP) is 11.4. The van der Waals surface area contributed by atoms with Crippen molar-refractivity contribution in [3.8, 4) is 0 Å². The van der Waals surface area contributed by atoms with Crippen LogP contribution in [0.2, 0.25) is 0 Å². The van der Waals surface area contributed by atoms with E-state index in [4.69, 9.17) is 18.9 Å². The fourth-order valence-electron chi connectivity index (χ4n) is 6.30. The van der Waals surface area contributed by atoms with Crippen LogP contribution in [-0.2, 0) is 33.3 Å². The summed E-state index contributed by atoms with van der Waals surface area (Å²) in [4.78, 5) is 37.0. The van der Waals surface area contributed by atoms with E-state index >= 15 is 0 Å². The Hall–Kier alpha value is -2.75. The van der Waals surface area contributed by atoms with Crippen LogP contribution in [-0.4, -0.2) is 82.3 Å². The van der Waals surface area contributed by atoms with Crippen molar-refractivity contribution in [1.82, 2.24) is 0 Å². The molecule has 59 heavy (non-hydrogen) atoms. The number of nitrogens with zero attached hydrogens (tertiary/aromatic N) is 1. The molecule has 2 unspecified atom stereocenters. The van der Waals surface area contributed by atoms with E-state index in [1.807, 2.05) is 21.1 Å². The maximum atomic E-state index is 12.8. The first-order valence-corrected chi connectivity index (χ1v) is 23.8. The molecule has 0 aromatic rings. The Kier molecular flexibility index (Phi) is 40.0. The molecule has 0 amide bonds. The average molecular weight is 832 g/mol. The molecule has 0 saturated carbocycles. The molecule has 0 bridgehead atoms. The third-order valence-electron chi connectivity index (χ3n) is 10.0. The third-order valence-corrected chi connectivity index (χ3v) is 10.0. The molecule has 0 aliphatic carbocycles. The molecule has 0 radical (unpaired) electrons. The zero-order chi connectivity index (χ0) is 43.5. The summed E-state index contributed by atoms with van der Waals surface area (Å²) in [6, 6.07) is 0. The van der Waals surface area contributed by atoms with Crippen molar-refractivity contribution in [2.75, 3.05) is 47.5 Å². The minimum absolute atomic E-state index is 0.142. The van der Waals surface area contributed by atoms with Gasteiger partial charge in [-0.3, -0.25) is 9.59 Å². The number of carboxylic acids is 1. The largest absolute Gasteiger partial charge is 0.545 e. The number of carbonyl (C=O) groups is 3. The zero-order valence-electron chi connectivity index (χ0n) is 38.6. The average Bonchev–Trinajstić information content (AvgIpc) is 3.19. The first-order chi connectivity index (χ1) is 28.6. The van der Waals surface area contributed by atoms with Gasteiger partial charge in [-0.05, 0) is 77.0 Å². The number of rotatable bonds is 43. The molecule has 2 atom stereocenters. The molecule has 9 nitrogen and oxygen atoms in total. The fraction of sp³-hybridized carbons (Fsp3) is 0.780. The number of hydrogen-bond donors (Lipinski definition) is 0. The van der Waals surface area contributed by atoms with Gasteiger partial charge >= 0.3 is 11.9 Å². The lowest BCUT2D eigenvalue weighted by molar-refractivity contribution is -0.870. The number of esters is 2. The van der Waals surface area contributed by atoms with Crippen LogP contribution >= 0.6 is 0 Å². The number of unbranched alkanes of at least 4 members (excludes halogenated alkanes) is 20. The number of hydrogen-bond acceptors (Lipinski definition) is 8. The summed E-state index contributed by atoms with van der Waals surface area (Å²) in [5, 5.41) is 11.7. The van der Waals surface area contributed by atoms with E-state index in [0.717, 1.165) is 77.0 Å². The molecule has 0 saturated heterocycles. The molecule has 0 aliphatic rings. The van der Waals surface area contributed by atoms with E-state index in [2.05, 4.69) is 62.5 Å². The minimum atomic E-state index is -1.63. The van der Waals surface area contributed by atoms with Gasteiger partial charge in [0.15, 0.2) is 12.4 Å². The second-order valence-electron chi connectivity index (χ2n) is 17.0. The van der Waals surface area contributed by atoms with E-state index in [9.17, 15) is 19.5 Å². The summed E-state index contributed by atoms with van der Waals surface area (Å²) < 4.78 is 22.6. The van der Waals surface area contributed by atoms with Crippen molar-refractivity contribution >= 4 is 17.9 Å². The molecule has 0 heterocycles. The normalized spacial score (nSPS) is 13.3. The number of likely N-dealkylation sites (N-methyl/N-ethyl adjacent to an activating group) is 1. The standard InChI is InChI=1S/C50H89NO8/c1-6-8-10-12-14-16-18-20-22-24-25-27-29-31-33-35-37-39-41-48(53)59-46(45-58-50(49(54)55)56-43-42-51(3,4)5)44-57-47(52)40-38-36-34-32-30-28-26-23-21-19-17-15-13-11-9-7-2/h16-19,22-24,26,46,50H,6-15,20-21,25,27-45H2,1-5H3/b18-16-,19-17-,24-22-,26-23-. The van der Waals surface area contributed by atoms with Crippen LogP contribution in [0, 0.1) is 0 Å². The topological polar surface area (TPSA) is 111 Å². The van der Waals surface area contributed by atoms with Crippen LogP contribution in [0.3, 0.4) is 0 Å². The highest BCUT2D eigenvalue weighted by Gasteiger charge is 2.21. The molecule has 0 N–H and O–H groups in total. The van der Waals surface area contributed by atoms with Crippen molar-refractivity contribution in [3.05, 3.63) is 48.6 Å². The number of carbonyl (C=O) groups excluding carboxylic acids is 3. The van der Waals surface area contributed by atoms with Gasteiger partial charge in [-0.2, -0.15) is 0 Å². The monoisotopic (exact) mass is 832 g/mol. The van der Waals surface area contributed by atoms with Crippen LogP contribution in [0.25, 0.3) is 0 Å². The van der Waals surface area contributed by atoms with Crippen LogP contribution < -0.4 is 5.11 Å². The molecule has 0 fully saturated rings. The lowest BCUT2D eigenvalue weighted by Crippen LogP contribution is -2.44. The lowest BCUT2D eigenvalue weighted by Gasteiger charge is -2.26. The summed E-state index contributed by atoms with van der Waals surface area (Å²) in [5.41, 5.74) is 0. The number of aliphatic carboxylic acids is 1. The maximum absolute atomic E-state index is 12.8. The number of allylic oxidation sites excluding steroid dienone is 8. The van der Waals surface area contributed by atoms with Gasteiger partial charge in [-0.1, -0.05) is 152 Å². The summed E-state index contributed by atoms with van der Waals surface area (Å²) in [5.74, 6) is -2.31. The van der Waals surface area contributed by atoms with E-state index in [-0.39, 0.29) is 38.6 Å².